The summed E-state index contributed by atoms with van der Waals surface area (Å²) < 4.78 is 46.8. The van der Waals surface area contributed by atoms with E-state index in [2.05, 4.69) is 17.6 Å². The molecule has 0 saturated heterocycles. The minimum absolute atomic E-state index is 0.0288. The Morgan fingerprint density at radius 3 is 2.67 bits per heavy atom. The highest BCUT2D eigenvalue weighted by atomic mass is 32.1. The first kappa shape index (κ1) is 22.8. The van der Waals surface area contributed by atoms with E-state index >= 15 is 4.39 Å². The van der Waals surface area contributed by atoms with Crippen molar-refractivity contribution in [3.05, 3.63) is 77.3 Å². The minimum Gasteiger partial charge on any atom is -0.497 e. The van der Waals surface area contributed by atoms with Gasteiger partial charge in [0.05, 0.1) is 24.5 Å². The number of rotatable bonds is 8. The molecule has 170 valence electrons. The third kappa shape index (κ3) is 4.55. The van der Waals surface area contributed by atoms with Crippen LogP contribution >= 0.6 is 12.6 Å². The molecule has 2 aromatic carbocycles. The molecule has 2 heterocycles. The van der Waals surface area contributed by atoms with Crippen molar-refractivity contribution in [2.24, 2.45) is 5.73 Å². The Kier molecular flexibility index (Phi) is 6.62. The van der Waals surface area contributed by atoms with Gasteiger partial charge < -0.3 is 19.6 Å². The molecule has 2 aromatic heterocycles. The van der Waals surface area contributed by atoms with E-state index in [4.69, 9.17) is 19.6 Å². The highest BCUT2D eigenvalue weighted by Gasteiger charge is 2.20. The Morgan fingerprint density at radius 1 is 1.12 bits per heavy atom. The average Bonchev–Trinajstić information content (AvgIpc) is 3.30. The molecule has 0 aliphatic carbocycles. The topological polar surface area (TPSA) is 87.6 Å². The Labute approximate surface area is 193 Å². The average molecular weight is 470 g/mol. The van der Waals surface area contributed by atoms with Crippen molar-refractivity contribution in [3.8, 4) is 22.6 Å². The molecule has 0 radical (unpaired) electrons. The van der Waals surface area contributed by atoms with Crippen molar-refractivity contribution < 1.29 is 27.5 Å². The molecular formula is C24H20F2N2O4S. The van der Waals surface area contributed by atoms with Crippen LogP contribution in [-0.4, -0.2) is 17.2 Å². The third-order valence-electron chi connectivity index (χ3n) is 5.19. The van der Waals surface area contributed by atoms with Crippen LogP contribution in [0.2, 0.25) is 0 Å². The van der Waals surface area contributed by atoms with Gasteiger partial charge in [0.1, 0.15) is 29.5 Å². The predicted octanol–water partition coefficient (Wildman–Crippen LogP) is 4.82. The van der Waals surface area contributed by atoms with Crippen LogP contribution in [0.25, 0.3) is 22.1 Å². The van der Waals surface area contributed by atoms with Crippen molar-refractivity contribution in [3.63, 3.8) is 0 Å². The number of carbonyl (C=O) groups excluding carboxylic acids is 1. The number of carbonyl (C=O) groups is 1. The zero-order valence-corrected chi connectivity index (χ0v) is 18.5. The molecule has 4 rings (SSSR count). The maximum atomic E-state index is 15.2. The summed E-state index contributed by atoms with van der Waals surface area (Å²) in [5.41, 5.74) is 7.16. The fourth-order valence-electron chi connectivity index (χ4n) is 3.57. The monoisotopic (exact) mass is 470 g/mol. The Bertz CT molecular complexity index is 1340. The van der Waals surface area contributed by atoms with Crippen LogP contribution in [-0.2, 0) is 24.4 Å². The highest BCUT2D eigenvalue weighted by molar-refractivity contribution is 7.96. The summed E-state index contributed by atoms with van der Waals surface area (Å²) in [6.45, 7) is -0.266. The van der Waals surface area contributed by atoms with E-state index in [1.165, 1.54) is 37.8 Å². The van der Waals surface area contributed by atoms with Crippen LogP contribution in [0.4, 0.5) is 8.78 Å². The van der Waals surface area contributed by atoms with E-state index in [0.717, 1.165) is 0 Å². The number of thiol groups is 1. The van der Waals surface area contributed by atoms with Crippen molar-refractivity contribution in [2.75, 3.05) is 7.11 Å². The van der Waals surface area contributed by atoms with E-state index in [1.807, 2.05) is 0 Å². The molecule has 0 saturated carbocycles. The zero-order chi connectivity index (χ0) is 23.5. The number of hydrogen-bond acceptors (Lipinski definition) is 6. The number of fused-ring (bicyclic) bond motifs is 1. The van der Waals surface area contributed by atoms with Crippen molar-refractivity contribution >= 4 is 28.7 Å². The molecular weight excluding hydrogens is 450 g/mol. The number of nitrogens with zero attached hydrogens (tertiary/aromatic N) is 1. The lowest BCUT2D eigenvalue weighted by Crippen LogP contribution is -2.06. The normalized spacial score (nSPS) is 11.1. The van der Waals surface area contributed by atoms with Gasteiger partial charge in [-0.25, -0.2) is 8.78 Å². The van der Waals surface area contributed by atoms with E-state index in [0.29, 0.717) is 22.6 Å². The number of ether oxygens (including phenoxy) is 2. The number of hydrogen-bond donors (Lipinski definition) is 2. The van der Waals surface area contributed by atoms with Crippen molar-refractivity contribution in [2.45, 2.75) is 19.6 Å². The SMILES string of the molecule is COc1ccc(CC(=O)S)c(OCc2cc(-c3ccnc(CN)c3F)c3occc3c2F)c1. The molecule has 2 N–H and O–H groups in total. The van der Waals surface area contributed by atoms with Gasteiger partial charge in [0.25, 0.3) is 0 Å². The van der Waals surface area contributed by atoms with Gasteiger partial charge in [-0.3, -0.25) is 9.78 Å². The summed E-state index contributed by atoms with van der Waals surface area (Å²) in [5.74, 6) is -0.283. The van der Waals surface area contributed by atoms with Gasteiger partial charge >= 0.3 is 0 Å². The summed E-state index contributed by atoms with van der Waals surface area (Å²) in [6.07, 6.45) is 2.80. The quantitative estimate of drug-likeness (QED) is 0.359. The van der Waals surface area contributed by atoms with Crippen molar-refractivity contribution in [1.29, 1.82) is 0 Å². The summed E-state index contributed by atoms with van der Waals surface area (Å²) in [4.78, 5) is 15.4. The number of halogens is 2. The summed E-state index contributed by atoms with van der Waals surface area (Å²) in [7, 11) is 1.50. The maximum absolute atomic E-state index is 15.2. The molecule has 6 nitrogen and oxygen atoms in total. The molecule has 0 unspecified atom stereocenters. The van der Waals surface area contributed by atoms with E-state index in [-0.39, 0.29) is 52.5 Å². The summed E-state index contributed by atoms with van der Waals surface area (Å²) >= 11 is 3.83. The number of methoxy groups -OCH3 is 1. The van der Waals surface area contributed by atoms with Crippen LogP contribution < -0.4 is 15.2 Å². The van der Waals surface area contributed by atoms with Crippen LogP contribution in [0.3, 0.4) is 0 Å². The molecule has 0 amide bonds. The highest BCUT2D eigenvalue weighted by Crippen LogP contribution is 2.36. The summed E-state index contributed by atoms with van der Waals surface area (Å²) in [5, 5.41) is -0.157. The first-order valence-electron chi connectivity index (χ1n) is 9.96. The first-order valence-corrected chi connectivity index (χ1v) is 10.4. The van der Waals surface area contributed by atoms with Gasteiger partial charge in [-0.2, -0.15) is 0 Å². The standard InChI is InChI=1S/C24H20F2N2O4S/c1-30-15-3-2-13(9-21(29)33)20(10-15)32-12-14-8-18(24-17(22(14)25)5-7-31-24)16-4-6-28-19(11-27)23(16)26/h2-8,10H,9,11-12,27H2,1H3,(H,29,33). The predicted molar refractivity (Wildman–Crippen MR) is 122 cm³/mol. The van der Waals surface area contributed by atoms with Gasteiger partial charge in [0.2, 0.25) is 0 Å². The molecule has 0 aliphatic heterocycles. The van der Waals surface area contributed by atoms with E-state index < -0.39 is 11.6 Å². The number of furan rings is 1. The number of aromatic nitrogens is 1. The molecule has 4 aromatic rings. The van der Waals surface area contributed by atoms with Crippen LogP contribution in [0.15, 0.2) is 53.3 Å². The number of benzene rings is 2. The molecule has 33 heavy (non-hydrogen) atoms. The fraction of sp³-hybridized carbons (Fsp3) is 0.167. The van der Waals surface area contributed by atoms with Crippen LogP contribution in [0.5, 0.6) is 11.5 Å². The van der Waals surface area contributed by atoms with Gasteiger partial charge in [0, 0.05) is 47.5 Å². The van der Waals surface area contributed by atoms with Crippen molar-refractivity contribution in [1.82, 2.24) is 4.98 Å². The van der Waals surface area contributed by atoms with Gasteiger partial charge in [0.15, 0.2) is 10.9 Å². The van der Waals surface area contributed by atoms with Gasteiger partial charge in [-0.05, 0) is 24.3 Å². The third-order valence-corrected chi connectivity index (χ3v) is 5.35. The Hall–Kier alpha value is -3.43. The molecule has 0 bridgehead atoms. The lowest BCUT2D eigenvalue weighted by Gasteiger charge is -2.14. The summed E-state index contributed by atoms with van der Waals surface area (Å²) in [6, 6.07) is 9.41. The van der Waals surface area contributed by atoms with Crippen LogP contribution in [0, 0.1) is 11.6 Å². The second-order valence-corrected chi connectivity index (χ2v) is 7.72. The number of nitrogens with two attached hydrogens (primary N) is 1. The molecule has 0 fully saturated rings. The van der Waals surface area contributed by atoms with Gasteiger partial charge in [-0.1, -0.05) is 6.07 Å². The Balaban J connectivity index is 1.76. The largest absolute Gasteiger partial charge is 0.497 e. The molecule has 0 spiro atoms. The van der Waals surface area contributed by atoms with E-state index in [1.54, 1.807) is 18.2 Å². The van der Waals surface area contributed by atoms with Gasteiger partial charge in [-0.15, -0.1) is 12.6 Å². The number of pyridine rings is 1. The fourth-order valence-corrected chi connectivity index (χ4v) is 3.74. The zero-order valence-electron chi connectivity index (χ0n) is 17.6. The lowest BCUT2D eigenvalue weighted by atomic mass is 9.99. The minimum atomic E-state index is -0.599. The second-order valence-electron chi connectivity index (χ2n) is 7.22. The van der Waals surface area contributed by atoms with E-state index in [9.17, 15) is 9.18 Å². The maximum Gasteiger partial charge on any atom is 0.190 e. The Morgan fingerprint density at radius 2 is 1.94 bits per heavy atom. The molecule has 9 heteroatoms. The molecule has 0 atom stereocenters. The molecule has 0 aliphatic rings. The first-order chi connectivity index (χ1) is 15.9. The van der Waals surface area contributed by atoms with Crippen LogP contribution in [0.1, 0.15) is 16.8 Å². The smallest absolute Gasteiger partial charge is 0.190 e. The lowest BCUT2D eigenvalue weighted by molar-refractivity contribution is -0.110. The second kappa shape index (κ2) is 9.60.